The molecule has 25 heavy (non-hydrogen) atoms. The van der Waals surface area contributed by atoms with Gasteiger partial charge in [-0.1, -0.05) is 12.1 Å². The monoisotopic (exact) mass is 366 g/mol. The molecule has 1 aliphatic heterocycles. The smallest absolute Gasteiger partial charge is 0.255 e. The summed E-state index contributed by atoms with van der Waals surface area (Å²) in [7, 11) is -0.365. The van der Waals surface area contributed by atoms with Crippen molar-refractivity contribution in [3.05, 3.63) is 35.6 Å². The highest BCUT2D eigenvalue weighted by Crippen LogP contribution is 2.24. The highest BCUT2D eigenvalue weighted by atomic mass is 32.2. The summed E-state index contributed by atoms with van der Waals surface area (Å²) >= 11 is 0. The number of nitrogens with one attached hydrogen (secondary N) is 1. The number of para-hydroxylation sites is 1. The predicted molar refractivity (Wildman–Crippen MR) is 94.0 cm³/mol. The van der Waals surface area contributed by atoms with Gasteiger partial charge in [-0.25, -0.2) is 12.7 Å². The number of aryl methyl sites for hydroxylation is 1. The summed E-state index contributed by atoms with van der Waals surface area (Å²) in [6.07, 6.45) is 0. The van der Waals surface area contributed by atoms with E-state index < -0.39 is 10.0 Å². The van der Waals surface area contributed by atoms with Crippen LogP contribution in [0.5, 0.6) is 0 Å². The fraction of sp³-hybridized carbons (Fsp3) is 0.471. The Labute approximate surface area is 147 Å². The van der Waals surface area contributed by atoms with Crippen molar-refractivity contribution in [3.8, 4) is 0 Å². The van der Waals surface area contributed by atoms with E-state index in [9.17, 15) is 13.2 Å². The molecule has 3 rings (SSSR count). The van der Waals surface area contributed by atoms with E-state index in [2.05, 4.69) is 5.32 Å². The van der Waals surface area contributed by atoms with Crippen LogP contribution in [0.25, 0.3) is 11.0 Å². The number of ether oxygens (including phenoxy) is 1. The summed E-state index contributed by atoms with van der Waals surface area (Å²) in [5.41, 5.74) is 0.973. The number of carbonyl (C=O) groups excluding carboxylic acids is 1. The van der Waals surface area contributed by atoms with Crippen LogP contribution in [0.15, 0.2) is 28.7 Å². The predicted octanol–water partition coefficient (Wildman–Crippen LogP) is 1.38. The van der Waals surface area contributed by atoms with Gasteiger partial charge in [0.05, 0.1) is 30.6 Å². The van der Waals surface area contributed by atoms with Crippen LogP contribution in [0, 0.1) is 12.8 Å². The third-order valence-electron chi connectivity index (χ3n) is 4.41. The maximum atomic E-state index is 12.7. The maximum Gasteiger partial charge on any atom is 0.255 e. The molecule has 0 radical (unpaired) electrons. The second-order valence-electron chi connectivity index (χ2n) is 6.52. The topological polar surface area (TPSA) is 88.8 Å². The van der Waals surface area contributed by atoms with E-state index in [1.54, 1.807) is 12.1 Å². The number of nitrogens with zero attached hydrogens (tertiary/aromatic N) is 1. The van der Waals surface area contributed by atoms with Crippen LogP contribution in [0.3, 0.4) is 0 Å². The molecular formula is C17H22N2O5S. The Morgan fingerprint density at radius 1 is 1.32 bits per heavy atom. The van der Waals surface area contributed by atoms with Crippen molar-refractivity contribution >= 4 is 26.9 Å². The summed E-state index contributed by atoms with van der Waals surface area (Å²) in [6, 6.07) is 6.90. The molecule has 0 unspecified atom stereocenters. The molecule has 0 bridgehead atoms. The standard InChI is InChI=1S/C17H22N2O5S/c1-11-7-12-5-4-6-14(16(12)24-11)17(20)18-15-9-23-8-13(15)10-25(21,22)19(2)3/h4-7,13,15H,8-10H2,1-3H3,(H,18,20)/t13-,15-/m0/s1. The molecule has 1 saturated heterocycles. The van der Waals surface area contributed by atoms with Crippen molar-refractivity contribution in [1.29, 1.82) is 0 Å². The van der Waals surface area contributed by atoms with Gasteiger partial charge < -0.3 is 14.5 Å². The number of hydrogen-bond acceptors (Lipinski definition) is 5. The number of carbonyl (C=O) groups is 1. The van der Waals surface area contributed by atoms with Crippen molar-refractivity contribution in [1.82, 2.24) is 9.62 Å². The Morgan fingerprint density at radius 3 is 2.80 bits per heavy atom. The first-order chi connectivity index (χ1) is 11.8. The number of fused-ring (bicyclic) bond motifs is 1. The number of amides is 1. The number of furan rings is 1. The molecule has 1 aromatic heterocycles. The molecule has 7 nitrogen and oxygen atoms in total. The van der Waals surface area contributed by atoms with Gasteiger partial charge in [-0.05, 0) is 19.1 Å². The van der Waals surface area contributed by atoms with E-state index in [1.165, 1.54) is 18.4 Å². The van der Waals surface area contributed by atoms with Gasteiger partial charge in [-0.2, -0.15) is 0 Å². The zero-order chi connectivity index (χ0) is 18.2. The van der Waals surface area contributed by atoms with Gasteiger partial charge in [-0.3, -0.25) is 4.79 Å². The fourth-order valence-electron chi connectivity index (χ4n) is 2.96. The van der Waals surface area contributed by atoms with Crippen LogP contribution in [0.4, 0.5) is 0 Å². The zero-order valence-electron chi connectivity index (χ0n) is 14.5. The van der Waals surface area contributed by atoms with E-state index in [0.29, 0.717) is 24.4 Å². The highest BCUT2D eigenvalue weighted by Gasteiger charge is 2.34. The Morgan fingerprint density at radius 2 is 2.08 bits per heavy atom. The Balaban J connectivity index is 1.77. The van der Waals surface area contributed by atoms with Crippen LogP contribution < -0.4 is 5.32 Å². The minimum absolute atomic E-state index is 0.0605. The SMILES string of the molecule is Cc1cc2cccc(C(=O)N[C@H]3COC[C@H]3CS(=O)(=O)N(C)C)c2o1. The zero-order valence-corrected chi connectivity index (χ0v) is 15.3. The number of rotatable bonds is 5. The van der Waals surface area contributed by atoms with Gasteiger partial charge in [0.25, 0.3) is 5.91 Å². The lowest BCUT2D eigenvalue weighted by atomic mass is 10.1. The number of benzene rings is 1. The molecule has 8 heteroatoms. The molecule has 0 spiro atoms. The van der Waals surface area contributed by atoms with E-state index >= 15 is 0 Å². The molecule has 0 aliphatic carbocycles. The largest absolute Gasteiger partial charge is 0.461 e. The van der Waals surface area contributed by atoms with Crippen LogP contribution in [-0.2, 0) is 14.8 Å². The van der Waals surface area contributed by atoms with Crippen molar-refractivity contribution in [2.24, 2.45) is 5.92 Å². The van der Waals surface area contributed by atoms with Gasteiger partial charge in [0.2, 0.25) is 10.0 Å². The second kappa shape index (κ2) is 6.78. The van der Waals surface area contributed by atoms with Gasteiger partial charge >= 0.3 is 0 Å². The first kappa shape index (κ1) is 17.9. The summed E-state index contributed by atoms with van der Waals surface area (Å²) in [5, 5.41) is 3.76. The normalized spacial score (nSPS) is 21.1. The van der Waals surface area contributed by atoms with Crippen LogP contribution in [0.2, 0.25) is 0 Å². The molecule has 2 atom stereocenters. The lowest BCUT2D eigenvalue weighted by Gasteiger charge is -2.21. The van der Waals surface area contributed by atoms with Gasteiger partial charge in [0.1, 0.15) is 11.3 Å². The second-order valence-corrected chi connectivity index (χ2v) is 8.75. The Bertz CT molecular complexity index is 888. The summed E-state index contributed by atoms with van der Waals surface area (Å²) < 4.78 is 36.4. The minimum Gasteiger partial charge on any atom is -0.461 e. The first-order valence-corrected chi connectivity index (χ1v) is 9.67. The van der Waals surface area contributed by atoms with Gasteiger partial charge in [-0.15, -0.1) is 0 Å². The third kappa shape index (κ3) is 3.70. The van der Waals surface area contributed by atoms with Crippen LogP contribution in [-0.4, -0.2) is 57.7 Å². The van der Waals surface area contributed by atoms with Crippen LogP contribution in [0.1, 0.15) is 16.1 Å². The van der Waals surface area contributed by atoms with Gasteiger partial charge in [0.15, 0.2) is 0 Å². The number of hydrogen-bond donors (Lipinski definition) is 1. The summed E-state index contributed by atoms with van der Waals surface area (Å²) in [5.74, 6) is 0.0978. The quantitative estimate of drug-likeness (QED) is 0.863. The lowest BCUT2D eigenvalue weighted by molar-refractivity contribution is 0.0926. The Kier molecular flexibility index (Phi) is 4.86. The molecule has 1 N–H and O–H groups in total. The highest BCUT2D eigenvalue weighted by molar-refractivity contribution is 7.89. The number of sulfonamides is 1. The third-order valence-corrected chi connectivity index (χ3v) is 6.37. The van der Waals surface area contributed by atoms with E-state index in [1.807, 2.05) is 19.1 Å². The molecule has 136 valence electrons. The Hall–Kier alpha value is -1.90. The molecule has 1 aromatic carbocycles. The molecular weight excluding hydrogens is 344 g/mol. The van der Waals surface area contributed by atoms with Crippen molar-refractivity contribution in [2.45, 2.75) is 13.0 Å². The van der Waals surface area contributed by atoms with Gasteiger partial charge in [0, 0.05) is 25.4 Å². The van der Waals surface area contributed by atoms with E-state index in [4.69, 9.17) is 9.15 Å². The van der Waals surface area contributed by atoms with Crippen LogP contribution >= 0.6 is 0 Å². The molecule has 1 amide bonds. The maximum absolute atomic E-state index is 12.7. The molecule has 1 fully saturated rings. The minimum atomic E-state index is -3.36. The molecule has 2 heterocycles. The summed E-state index contributed by atoms with van der Waals surface area (Å²) in [6.45, 7) is 2.43. The van der Waals surface area contributed by atoms with E-state index in [0.717, 1.165) is 11.1 Å². The van der Waals surface area contributed by atoms with Crippen molar-refractivity contribution < 1.29 is 22.4 Å². The fourth-order valence-corrected chi connectivity index (χ4v) is 4.13. The molecule has 1 aliphatic rings. The average molecular weight is 366 g/mol. The molecule has 0 saturated carbocycles. The van der Waals surface area contributed by atoms with E-state index in [-0.39, 0.29) is 23.6 Å². The van der Waals surface area contributed by atoms with Crippen molar-refractivity contribution in [2.75, 3.05) is 33.1 Å². The van der Waals surface area contributed by atoms with Crippen molar-refractivity contribution in [3.63, 3.8) is 0 Å². The summed E-state index contributed by atoms with van der Waals surface area (Å²) in [4.78, 5) is 12.7. The molecule has 2 aromatic rings. The lowest BCUT2D eigenvalue weighted by Crippen LogP contribution is -2.43. The first-order valence-electron chi connectivity index (χ1n) is 8.06. The average Bonchev–Trinajstić information content (AvgIpc) is 3.11.